The Hall–Kier alpha value is -2.42. The van der Waals surface area contributed by atoms with E-state index in [2.05, 4.69) is 10.6 Å². The highest BCUT2D eigenvalue weighted by Crippen LogP contribution is 2.25. The molecule has 1 saturated heterocycles. The Bertz CT molecular complexity index is 1020. The van der Waals surface area contributed by atoms with Gasteiger partial charge >= 0.3 is 0 Å². The Balaban J connectivity index is 1.62. The van der Waals surface area contributed by atoms with E-state index in [0.717, 1.165) is 5.56 Å². The molecule has 0 radical (unpaired) electrons. The van der Waals surface area contributed by atoms with Crippen LogP contribution in [0.3, 0.4) is 0 Å². The van der Waals surface area contributed by atoms with Crippen molar-refractivity contribution in [1.82, 2.24) is 9.62 Å². The zero-order valence-electron chi connectivity index (χ0n) is 16.6. The van der Waals surface area contributed by atoms with Crippen molar-refractivity contribution in [3.63, 3.8) is 0 Å². The minimum atomic E-state index is -3.68. The highest BCUT2D eigenvalue weighted by molar-refractivity contribution is 7.89. The van der Waals surface area contributed by atoms with Gasteiger partial charge in [0.25, 0.3) is 0 Å². The van der Waals surface area contributed by atoms with Crippen molar-refractivity contribution in [3.8, 4) is 0 Å². The van der Waals surface area contributed by atoms with E-state index in [1.165, 1.54) is 35.5 Å². The lowest BCUT2D eigenvalue weighted by Gasteiger charge is -2.31. The first-order valence-electron chi connectivity index (χ1n) is 9.65. The van der Waals surface area contributed by atoms with Crippen LogP contribution in [0.2, 0.25) is 5.02 Å². The number of piperidine rings is 1. The number of rotatable bonds is 6. The molecule has 1 heterocycles. The van der Waals surface area contributed by atoms with Crippen molar-refractivity contribution in [2.24, 2.45) is 5.92 Å². The maximum atomic E-state index is 12.9. The van der Waals surface area contributed by atoms with E-state index in [1.54, 1.807) is 18.2 Å². The average molecular weight is 450 g/mol. The topological polar surface area (TPSA) is 95.6 Å². The number of benzene rings is 2. The van der Waals surface area contributed by atoms with Crippen LogP contribution >= 0.6 is 11.6 Å². The summed E-state index contributed by atoms with van der Waals surface area (Å²) in [5, 5.41) is 6.05. The third kappa shape index (κ3) is 5.59. The molecule has 2 aromatic carbocycles. The minimum Gasteiger partial charge on any atom is -0.352 e. The Morgan fingerprint density at radius 2 is 1.90 bits per heavy atom. The average Bonchev–Trinajstić information content (AvgIpc) is 2.72. The van der Waals surface area contributed by atoms with Crippen LogP contribution in [0.15, 0.2) is 53.4 Å². The van der Waals surface area contributed by atoms with Gasteiger partial charge in [-0.1, -0.05) is 23.7 Å². The second-order valence-corrected chi connectivity index (χ2v) is 9.63. The Morgan fingerprint density at radius 3 is 2.60 bits per heavy atom. The molecule has 1 aliphatic heterocycles. The molecule has 1 fully saturated rings. The number of anilines is 1. The summed E-state index contributed by atoms with van der Waals surface area (Å²) in [6.45, 7) is 2.25. The summed E-state index contributed by atoms with van der Waals surface area (Å²) in [6.07, 6.45) is 1.24. The summed E-state index contributed by atoms with van der Waals surface area (Å²) in [6, 6.07) is 13.2. The van der Waals surface area contributed by atoms with Crippen molar-refractivity contribution >= 4 is 39.1 Å². The summed E-state index contributed by atoms with van der Waals surface area (Å²) >= 11 is 5.85. The molecular weight excluding hydrogens is 426 g/mol. The molecule has 0 aromatic heterocycles. The van der Waals surface area contributed by atoms with Crippen molar-refractivity contribution in [2.75, 3.05) is 18.4 Å². The monoisotopic (exact) mass is 449 g/mol. The van der Waals surface area contributed by atoms with Gasteiger partial charge in [0.15, 0.2) is 0 Å². The number of carbonyl (C=O) groups is 2. The number of nitrogens with zero attached hydrogens (tertiary/aromatic N) is 1. The number of carbonyl (C=O) groups excluding carboxylic acids is 2. The van der Waals surface area contributed by atoms with Crippen LogP contribution in [0.25, 0.3) is 0 Å². The summed E-state index contributed by atoms with van der Waals surface area (Å²) in [7, 11) is -3.68. The van der Waals surface area contributed by atoms with E-state index in [0.29, 0.717) is 36.6 Å². The van der Waals surface area contributed by atoms with Crippen molar-refractivity contribution in [3.05, 3.63) is 59.1 Å². The molecule has 1 atom stereocenters. The van der Waals surface area contributed by atoms with Gasteiger partial charge in [-0.25, -0.2) is 8.42 Å². The first-order chi connectivity index (χ1) is 14.3. The molecule has 7 nitrogen and oxygen atoms in total. The summed E-state index contributed by atoms with van der Waals surface area (Å²) < 4.78 is 27.1. The van der Waals surface area contributed by atoms with Crippen LogP contribution in [0.5, 0.6) is 0 Å². The van der Waals surface area contributed by atoms with Crippen LogP contribution < -0.4 is 10.6 Å². The smallest absolute Gasteiger partial charge is 0.243 e. The summed E-state index contributed by atoms with van der Waals surface area (Å²) in [4.78, 5) is 24.0. The lowest BCUT2D eigenvalue weighted by Crippen LogP contribution is -2.45. The molecule has 30 heavy (non-hydrogen) atoms. The zero-order chi connectivity index (χ0) is 21.7. The number of sulfonamides is 1. The van der Waals surface area contributed by atoms with Gasteiger partial charge in [-0.15, -0.1) is 0 Å². The van der Waals surface area contributed by atoms with Gasteiger partial charge in [0, 0.05) is 37.3 Å². The molecular formula is C21H24ClN3O4S. The second kappa shape index (κ2) is 9.59. The van der Waals surface area contributed by atoms with E-state index in [-0.39, 0.29) is 23.3 Å². The number of nitrogens with one attached hydrogen (secondary N) is 2. The maximum absolute atomic E-state index is 12.9. The van der Waals surface area contributed by atoms with E-state index >= 15 is 0 Å². The fraction of sp³-hybridized carbons (Fsp3) is 0.333. The Labute approximate surface area is 181 Å². The molecule has 0 bridgehead atoms. The quantitative estimate of drug-likeness (QED) is 0.708. The lowest BCUT2D eigenvalue weighted by atomic mass is 9.98. The largest absolute Gasteiger partial charge is 0.352 e. The third-order valence-electron chi connectivity index (χ3n) is 4.92. The summed E-state index contributed by atoms with van der Waals surface area (Å²) in [5.74, 6) is -0.768. The number of halogens is 1. The van der Waals surface area contributed by atoms with Gasteiger partial charge in [-0.2, -0.15) is 4.31 Å². The maximum Gasteiger partial charge on any atom is 0.243 e. The fourth-order valence-electron chi connectivity index (χ4n) is 3.43. The standard InChI is InChI=1S/C21H24ClN3O4S/c1-15(26)24-19-6-2-4-16(12-19)13-23-21(27)17-5-3-11-25(14-17)30(28,29)20-9-7-18(22)8-10-20/h2,4,6-10,12,17H,3,5,11,13-14H2,1H3,(H,23,27)(H,24,26). The molecule has 1 unspecified atom stereocenters. The first kappa shape index (κ1) is 22.3. The van der Waals surface area contributed by atoms with Gasteiger partial charge in [0.1, 0.15) is 0 Å². The van der Waals surface area contributed by atoms with Gasteiger partial charge in [-0.05, 0) is 54.8 Å². The second-order valence-electron chi connectivity index (χ2n) is 7.26. The van der Waals surface area contributed by atoms with Gasteiger partial charge in [0.05, 0.1) is 10.8 Å². The SMILES string of the molecule is CC(=O)Nc1cccc(CNC(=O)C2CCCN(S(=O)(=O)c3ccc(Cl)cc3)C2)c1. The molecule has 2 N–H and O–H groups in total. The molecule has 9 heteroatoms. The predicted molar refractivity (Wildman–Crippen MR) is 116 cm³/mol. The van der Waals surface area contributed by atoms with Crippen LogP contribution in [0.1, 0.15) is 25.3 Å². The van der Waals surface area contributed by atoms with Crippen LogP contribution in [-0.2, 0) is 26.2 Å². The highest BCUT2D eigenvalue weighted by atomic mass is 35.5. The molecule has 0 aliphatic carbocycles. The van der Waals surface area contributed by atoms with E-state index < -0.39 is 15.9 Å². The van der Waals surface area contributed by atoms with E-state index in [1.807, 2.05) is 6.07 Å². The molecule has 3 rings (SSSR count). The van der Waals surface area contributed by atoms with Gasteiger partial charge in [-0.3, -0.25) is 9.59 Å². The molecule has 0 spiro atoms. The van der Waals surface area contributed by atoms with Crippen molar-refractivity contribution in [2.45, 2.75) is 31.2 Å². The van der Waals surface area contributed by atoms with Gasteiger partial charge in [0.2, 0.25) is 21.8 Å². The van der Waals surface area contributed by atoms with E-state index in [4.69, 9.17) is 11.6 Å². The predicted octanol–water partition coefficient (Wildman–Crippen LogP) is 3.02. The lowest BCUT2D eigenvalue weighted by molar-refractivity contribution is -0.126. The molecule has 1 aliphatic rings. The molecule has 2 amide bonds. The van der Waals surface area contributed by atoms with Crippen LogP contribution in [-0.4, -0.2) is 37.6 Å². The van der Waals surface area contributed by atoms with Gasteiger partial charge < -0.3 is 10.6 Å². The van der Waals surface area contributed by atoms with Crippen LogP contribution in [0, 0.1) is 5.92 Å². The molecule has 160 valence electrons. The number of amides is 2. The van der Waals surface area contributed by atoms with Crippen LogP contribution in [0.4, 0.5) is 5.69 Å². The van der Waals surface area contributed by atoms with E-state index in [9.17, 15) is 18.0 Å². The first-order valence-corrected chi connectivity index (χ1v) is 11.5. The Kier molecular flexibility index (Phi) is 7.12. The van der Waals surface area contributed by atoms with Crippen molar-refractivity contribution < 1.29 is 18.0 Å². The van der Waals surface area contributed by atoms with Crippen molar-refractivity contribution in [1.29, 1.82) is 0 Å². The zero-order valence-corrected chi connectivity index (χ0v) is 18.2. The number of hydrogen-bond donors (Lipinski definition) is 2. The fourth-order valence-corrected chi connectivity index (χ4v) is 5.08. The normalized spacial score (nSPS) is 17.3. The number of hydrogen-bond acceptors (Lipinski definition) is 4. The third-order valence-corrected chi connectivity index (χ3v) is 7.05. The highest BCUT2D eigenvalue weighted by Gasteiger charge is 2.33. The molecule has 0 saturated carbocycles. The molecule has 2 aromatic rings. The minimum absolute atomic E-state index is 0.142. The Morgan fingerprint density at radius 1 is 1.17 bits per heavy atom. The summed E-state index contributed by atoms with van der Waals surface area (Å²) in [5.41, 5.74) is 1.50.